The molecule has 0 fully saturated rings. The second kappa shape index (κ2) is 14.8. The highest BCUT2D eigenvalue weighted by atomic mass is 16.5. The Labute approximate surface area is 234 Å². The summed E-state index contributed by atoms with van der Waals surface area (Å²) in [5.41, 5.74) is 0.629. The highest BCUT2D eigenvalue weighted by molar-refractivity contribution is 5.89. The first-order valence-corrected chi connectivity index (χ1v) is 12.4. The quantitative estimate of drug-likeness (QED) is 0.268. The molecule has 0 atom stereocenters. The van der Waals surface area contributed by atoms with E-state index >= 15 is 0 Å². The summed E-state index contributed by atoms with van der Waals surface area (Å²) in [4.78, 5) is 46.6. The number of carbonyl (C=O) groups excluding carboxylic acids is 1. The lowest BCUT2D eigenvalue weighted by Crippen LogP contribution is -2.15. The Morgan fingerprint density at radius 3 is 1.66 bits per heavy atom. The average Bonchev–Trinajstić information content (AvgIpc) is 3.00. The molecule has 4 aromatic rings. The van der Waals surface area contributed by atoms with Crippen molar-refractivity contribution >= 4 is 11.9 Å². The van der Waals surface area contributed by atoms with Crippen LogP contribution < -0.4 is 20.3 Å². The lowest BCUT2D eigenvalue weighted by atomic mass is 10.2. The van der Waals surface area contributed by atoms with Crippen molar-refractivity contribution in [1.82, 2.24) is 0 Å². The fourth-order valence-electron chi connectivity index (χ4n) is 3.41. The summed E-state index contributed by atoms with van der Waals surface area (Å²) in [5, 5.41) is 18.1. The van der Waals surface area contributed by atoms with Crippen LogP contribution in [0, 0.1) is 0 Å². The number of benzene rings is 2. The number of hydrogen-bond acceptors (Lipinski definition) is 10. The van der Waals surface area contributed by atoms with Crippen LogP contribution in [0.3, 0.4) is 0 Å². The number of aliphatic hydroxyl groups is 1. The maximum absolute atomic E-state index is 12.0. The fourth-order valence-corrected chi connectivity index (χ4v) is 3.41. The van der Waals surface area contributed by atoms with E-state index in [-0.39, 0.29) is 36.2 Å². The molecule has 0 saturated heterocycles. The van der Waals surface area contributed by atoms with E-state index in [1.807, 2.05) is 60.7 Å². The van der Waals surface area contributed by atoms with Gasteiger partial charge in [0.1, 0.15) is 31.3 Å². The van der Waals surface area contributed by atoms with Crippen LogP contribution in [-0.2, 0) is 31.0 Å². The monoisotopic (exact) mass is 564 g/mol. The van der Waals surface area contributed by atoms with Crippen molar-refractivity contribution in [3.8, 4) is 11.5 Å². The molecular formula is C30H28O11. The smallest absolute Gasteiger partial charge is 0.378 e. The number of hydrogen-bond donors (Lipinski definition) is 2. The number of methoxy groups -OCH3 is 1. The summed E-state index contributed by atoms with van der Waals surface area (Å²) in [6.07, 6.45) is 0.439. The molecule has 0 spiro atoms. The van der Waals surface area contributed by atoms with E-state index in [0.717, 1.165) is 24.3 Å². The molecule has 41 heavy (non-hydrogen) atoms. The van der Waals surface area contributed by atoms with Crippen molar-refractivity contribution in [3.05, 3.63) is 127 Å². The molecule has 0 aliphatic carbocycles. The third-order valence-corrected chi connectivity index (χ3v) is 5.43. The van der Waals surface area contributed by atoms with Gasteiger partial charge < -0.3 is 33.3 Å². The molecule has 2 aromatic heterocycles. The van der Waals surface area contributed by atoms with E-state index in [0.29, 0.717) is 12.2 Å². The molecule has 0 aliphatic heterocycles. The van der Waals surface area contributed by atoms with Crippen molar-refractivity contribution in [1.29, 1.82) is 0 Å². The maximum Gasteiger partial charge on any atom is 0.378 e. The zero-order chi connectivity index (χ0) is 29.8. The zero-order valence-corrected chi connectivity index (χ0v) is 22.3. The number of aliphatic hydroxyl groups excluding tert-OH is 1. The largest absolute Gasteiger partial charge is 0.481 e. The van der Waals surface area contributed by atoms with E-state index < -0.39 is 35.2 Å². The maximum atomic E-state index is 12.0. The van der Waals surface area contributed by atoms with Gasteiger partial charge in [-0.15, -0.1) is 0 Å². The van der Waals surface area contributed by atoms with Crippen LogP contribution in [-0.4, -0.2) is 29.3 Å². The second-order valence-corrected chi connectivity index (χ2v) is 8.33. The number of rotatable bonds is 10. The van der Waals surface area contributed by atoms with Gasteiger partial charge >= 0.3 is 11.9 Å². The van der Waals surface area contributed by atoms with Crippen molar-refractivity contribution in [3.63, 3.8) is 0 Å². The zero-order valence-electron chi connectivity index (χ0n) is 22.3. The first-order chi connectivity index (χ1) is 19.8. The molecule has 11 heteroatoms. The van der Waals surface area contributed by atoms with Gasteiger partial charge in [-0.2, -0.15) is 0 Å². The standard InChI is InChI=1S/C15H14O6.C15H14O5/c1-19-15(18)14-13(12(17)7-11(8-16)21-14)20-9-10-5-3-2-4-6-10;1-2-11-8-12(16)13(14(20-11)15(17)18)19-9-10-6-4-3-5-7-10/h2-7,16H,8-9H2,1H3;3-8H,2,9H2,1H3,(H,17,18). The van der Waals surface area contributed by atoms with Gasteiger partial charge in [-0.1, -0.05) is 67.6 Å². The highest BCUT2D eigenvalue weighted by Gasteiger charge is 2.22. The predicted molar refractivity (Wildman–Crippen MR) is 145 cm³/mol. The summed E-state index contributed by atoms with van der Waals surface area (Å²) >= 11 is 0. The number of esters is 1. The van der Waals surface area contributed by atoms with E-state index in [4.69, 9.17) is 28.5 Å². The summed E-state index contributed by atoms with van der Waals surface area (Å²) < 4.78 is 25.6. The Hall–Kier alpha value is -5.16. The van der Waals surface area contributed by atoms with Gasteiger partial charge in [0.25, 0.3) is 11.5 Å². The van der Waals surface area contributed by atoms with E-state index in [1.165, 1.54) is 6.07 Å². The van der Waals surface area contributed by atoms with Gasteiger partial charge in [0.15, 0.2) is 0 Å². The Morgan fingerprint density at radius 1 is 0.756 bits per heavy atom. The van der Waals surface area contributed by atoms with Crippen LogP contribution in [0.25, 0.3) is 0 Å². The van der Waals surface area contributed by atoms with Gasteiger partial charge in [0.05, 0.1) is 7.11 Å². The lowest BCUT2D eigenvalue weighted by molar-refractivity contribution is 0.0545. The molecule has 0 radical (unpaired) electrons. The molecule has 4 rings (SSSR count). The van der Waals surface area contributed by atoms with Crippen molar-refractivity contribution in [2.24, 2.45) is 0 Å². The van der Waals surface area contributed by atoms with Crippen LogP contribution in [0.1, 0.15) is 50.7 Å². The summed E-state index contributed by atoms with van der Waals surface area (Å²) in [6, 6.07) is 20.7. The Kier molecular flexibility index (Phi) is 11.0. The Balaban J connectivity index is 0.000000226. The topological polar surface area (TPSA) is 163 Å². The lowest BCUT2D eigenvalue weighted by Gasteiger charge is -2.09. The molecule has 2 heterocycles. The molecule has 2 N–H and O–H groups in total. The van der Waals surface area contributed by atoms with E-state index in [9.17, 15) is 19.2 Å². The summed E-state index contributed by atoms with van der Waals surface area (Å²) in [5.74, 6) is -3.19. The Bertz CT molecular complexity index is 1570. The summed E-state index contributed by atoms with van der Waals surface area (Å²) in [7, 11) is 1.16. The number of carboxylic acid groups (broad SMARTS) is 1. The molecule has 2 aromatic carbocycles. The first-order valence-electron chi connectivity index (χ1n) is 12.4. The number of aromatic carboxylic acids is 1. The van der Waals surface area contributed by atoms with Crippen LogP contribution in [0.2, 0.25) is 0 Å². The molecular weight excluding hydrogens is 536 g/mol. The van der Waals surface area contributed by atoms with Gasteiger partial charge in [0.2, 0.25) is 22.4 Å². The van der Waals surface area contributed by atoms with Crippen molar-refractivity contribution in [2.45, 2.75) is 33.2 Å². The fraction of sp³-hybridized carbons (Fsp3) is 0.200. The number of carbonyl (C=O) groups is 2. The normalized spacial score (nSPS) is 10.2. The number of ether oxygens (including phenoxy) is 3. The van der Waals surface area contributed by atoms with Gasteiger partial charge in [0, 0.05) is 18.6 Å². The SMILES string of the molecule is CCc1cc(=O)c(OCc2ccccc2)c(C(=O)O)o1.COC(=O)c1oc(CO)cc(=O)c1OCc1ccccc1. The van der Waals surface area contributed by atoms with Crippen molar-refractivity contribution in [2.75, 3.05) is 7.11 Å². The molecule has 0 unspecified atom stereocenters. The number of aryl methyl sites for hydroxylation is 1. The highest BCUT2D eigenvalue weighted by Crippen LogP contribution is 2.19. The number of carboxylic acids is 1. The third kappa shape index (κ3) is 8.41. The minimum Gasteiger partial charge on any atom is -0.481 e. The van der Waals surface area contributed by atoms with E-state index in [1.54, 1.807) is 6.92 Å². The molecule has 0 aliphatic rings. The van der Waals surface area contributed by atoms with Crippen LogP contribution >= 0.6 is 0 Å². The minimum absolute atomic E-state index is 0.0348. The van der Waals surface area contributed by atoms with Gasteiger partial charge in [-0.05, 0) is 11.1 Å². The van der Waals surface area contributed by atoms with E-state index in [2.05, 4.69) is 4.74 Å². The molecule has 0 saturated carbocycles. The predicted octanol–water partition coefficient (Wildman–Crippen LogP) is 3.98. The average molecular weight is 565 g/mol. The van der Waals surface area contributed by atoms with Crippen LogP contribution in [0.4, 0.5) is 0 Å². The molecule has 0 amide bonds. The first kappa shape index (κ1) is 30.4. The van der Waals surface area contributed by atoms with Crippen molar-refractivity contribution < 1.29 is 42.8 Å². The van der Waals surface area contributed by atoms with Gasteiger partial charge in [-0.25, -0.2) is 9.59 Å². The Morgan fingerprint density at radius 2 is 1.22 bits per heavy atom. The molecule has 11 nitrogen and oxygen atoms in total. The molecule has 0 bridgehead atoms. The summed E-state index contributed by atoms with van der Waals surface area (Å²) in [6.45, 7) is 1.48. The minimum atomic E-state index is -1.32. The van der Waals surface area contributed by atoms with Crippen LogP contribution in [0.15, 0.2) is 91.2 Å². The second-order valence-electron chi connectivity index (χ2n) is 8.33. The van der Waals surface area contributed by atoms with Gasteiger partial charge in [-0.3, -0.25) is 9.59 Å². The van der Waals surface area contributed by atoms with Crippen LogP contribution in [0.5, 0.6) is 11.5 Å². The third-order valence-electron chi connectivity index (χ3n) is 5.43. The molecule has 214 valence electrons.